The molecule has 0 N–H and O–H groups in total. The summed E-state index contributed by atoms with van der Waals surface area (Å²) in [7, 11) is 1.65. The van der Waals surface area contributed by atoms with E-state index in [1.54, 1.807) is 13.2 Å². The van der Waals surface area contributed by atoms with Crippen LogP contribution in [-0.2, 0) is 11.3 Å². The highest BCUT2D eigenvalue weighted by molar-refractivity contribution is 5.91. The van der Waals surface area contributed by atoms with Crippen molar-refractivity contribution in [3.05, 3.63) is 71.3 Å². The largest absolute Gasteiger partial charge is 0.497 e. The molecule has 3 rings (SSSR count). The number of nitrogens with zero attached hydrogens (tertiary/aromatic N) is 2. The maximum Gasteiger partial charge on any atom is 0.246 e. The number of hydrogen-bond acceptors (Lipinski definition) is 3. The van der Waals surface area contributed by atoms with Crippen molar-refractivity contribution >= 4 is 12.0 Å². The summed E-state index contributed by atoms with van der Waals surface area (Å²) in [5, 5.41) is 0. The third-order valence-corrected chi connectivity index (χ3v) is 4.87. The first-order chi connectivity index (χ1) is 12.7. The molecule has 0 unspecified atom stereocenters. The fraction of sp³-hybridized carbons (Fsp3) is 0.318. The van der Waals surface area contributed by atoms with E-state index in [0.717, 1.165) is 44.0 Å². The van der Waals surface area contributed by atoms with Gasteiger partial charge in [0.2, 0.25) is 5.91 Å². The van der Waals surface area contributed by atoms with Crippen LogP contribution in [0.15, 0.2) is 54.6 Å². The number of rotatable bonds is 5. The van der Waals surface area contributed by atoms with Crippen LogP contribution in [0.25, 0.3) is 6.08 Å². The summed E-state index contributed by atoms with van der Waals surface area (Å²) in [5.74, 6) is 0.898. The predicted octanol–water partition coefficient (Wildman–Crippen LogP) is 3.36. The van der Waals surface area contributed by atoms with Crippen molar-refractivity contribution in [2.24, 2.45) is 0 Å². The van der Waals surface area contributed by atoms with Crippen LogP contribution in [0.5, 0.6) is 5.75 Å². The van der Waals surface area contributed by atoms with Crippen LogP contribution in [0.3, 0.4) is 0 Å². The van der Waals surface area contributed by atoms with Crippen molar-refractivity contribution < 1.29 is 9.53 Å². The summed E-state index contributed by atoms with van der Waals surface area (Å²) in [4.78, 5) is 16.8. The Hall–Kier alpha value is -2.59. The lowest BCUT2D eigenvalue weighted by Crippen LogP contribution is -2.47. The van der Waals surface area contributed by atoms with Crippen LogP contribution >= 0.6 is 0 Å². The number of carbonyl (C=O) groups excluding carboxylic acids is 1. The zero-order chi connectivity index (χ0) is 18.4. The van der Waals surface area contributed by atoms with Gasteiger partial charge in [-0.15, -0.1) is 0 Å². The molecule has 1 aliphatic rings. The molecule has 2 aromatic rings. The highest BCUT2D eigenvalue weighted by Crippen LogP contribution is 2.14. The molecule has 1 saturated heterocycles. The first kappa shape index (κ1) is 18.2. The smallest absolute Gasteiger partial charge is 0.246 e. The number of ether oxygens (including phenoxy) is 1. The van der Waals surface area contributed by atoms with E-state index < -0.39 is 0 Å². The van der Waals surface area contributed by atoms with Gasteiger partial charge in [-0.2, -0.15) is 0 Å². The minimum atomic E-state index is 0.0800. The molecule has 136 valence electrons. The number of aryl methyl sites for hydroxylation is 1. The lowest BCUT2D eigenvalue weighted by Gasteiger charge is -2.34. The Bertz CT molecular complexity index is 760. The minimum Gasteiger partial charge on any atom is -0.497 e. The average molecular weight is 350 g/mol. The normalized spacial score (nSPS) is 15.4. The molecule has 0 saturated carbocycles. The third-order valence-electron chi connectivity index (χ3n) is 4.87. The molecular formula is C22H26N2O2. The van der Waals surface area contributed by atoms with Gasteiger partial charge in [-0.3, -0.25) is 9.69 Å². The molecule has 1 heterocycles. The zero-order valence-electron chi connectivity index (χ0n) is 15.5. The SMILES string of the molecule is COc1ccc(/C=C/C(=O)N2CCN(Cc3ccccc3C)CC2)cc1. The number of hydrogen-bond donors (Lipinski definition) is 0. The Balaban J connectivity index is 1.50. The topological polar surface area (TPSA) is 32.8 Å². The molecule has 1 aliphatic heterocycles. The summed E-state index contributed by atoms with van der Waals surface area (Å²) >= 11 is 0. The summed E-state index contributed by atoms with van der Waals surface area (Å²) in [6.07, 6.45) is 3.53. The number of methoxy groups -OCH3 is 1. The van der Waals surface area contributed by atoms with Gasteiger partial charge in [0.05, 0.1) is 7.11 Å². The van der Waals surface area contributed by atoms with Gasteiger partial charge in [0, 0.05) is 38.8 Å². The Morgan fingerprint density at radius 1 is 1.04 bits per heavy atom. The van der Waals surface area contributed by atoms with Gasteiger partial charge in [-0.05, 0) is 41.8 Å². The van der Waals surface area contributed by atoms with Crippen LogP contribution in [0.1, 0.15) is 16.7 Å². The summed E-state index contributed by atoms with van der Waals surface area (Å²) in [5.41, 5.74) is 3.69. The molecule has 0 aliphatic carbocycles. The quantitative estimate of drug-likeness (QED) is 0.775. The third kappa shape index (κ3) is 4.73. The fourth-order valence-electron chi connectivity index (χ4n) is 3.14. The number of carbonyl (C=O) groups is 1. The molecule has 1 fully saturated rings. The standard InChI is InChI=1S/C22H26N2O2/c1-18-5-3-4-6-20(18)17-23-13-15-24(16-14-23)22(25)12-9-19-7-10-21(26-2)11-8-19/h3-12H,13-17H2,1-2H3/b12-9+. The van der Waals surface area contributed by atoms with Gasteiger partial charge < -0.3 is 9.64 Å². The Morgan fingerprint density at radius 2 is 1.73 bits per heavy atom. The van der Waals surface area contributed by atoms with Crippen molar-refractivity contribution in [1.29, 1.82) is 0 Å². The van der Waals surface area contributed by atoms with Gasteiger partial charge in [0.1, 0.15) is 5.75 Å². The molecule has 0 bridgehead atoms. The van der Waals surface area contributed by atoms with Gasteiger partial charge in [-0.1, -0.05) is 36.4 Å². The van der Waals surface area contributed by atoms with Crippen molar-refractivity contribution in [3.8, 4) is 5.75 Å². The Morgan fingerprint density at radius 3 is 2.38 bits per heavy atom. The minimum absolute atomic E-state index is 0.0800. The van der Waals surface area contributed by atoms with E-state index in [1.807, 2.05) is 35.2 Å². The first-order valence-corrected chi connectivity index (χ1v) is 9.03. The summed E-state index contributed by atoms with van der Waals surface area (Å²) < 4.78 is 5.15. The van der Waals surface area contributed by atoms with E-state index in [1.165, 1.54) is 11.1 Å². The number of benzene rings is 2. The molecule has 0 atom stereocenters. The summed E-state index contributed by atoms with van der Waals surface area (Å²) in [6.45, 7) is 6.48. The highest BCUT2D eigenvalue weighted by atomic mass is 16.5. The molecular weight excluding hydrogens is 324 g/mol. The van der Waals surface area contributed by atoms with Gasteiger partial charge in [0.15, 0.2) is 0 Å². The van der Waals surface area contributed by atoms with Crippen molar-refractivity contribution in [2.45, 2.75) is 13.5 Å². The Kier molecular flexibility index (Phi) is 6.08. The maximum atomic E-state index is 12.4. The molecule has 4 nitrogen and oxygen atoms in total. The number of piperazine rings is 1. The van der Waals surface area contributed by atoms with Gasteiger partial charge >= 0.3 is 0 Å². The van der Waals surface area contributed by atoms with Crippen molar-refractivity contribution in [3.63, 3.8) is 0 Å². The van der Waals surface area contributed by atoms with E-state index in [2.05, 4.69) is 36.1 Å². The van der Waals surface area contributed by atoms with Gasteiger partial charge in [0.25, 0.3) is 0 Å². The average Bonchev–Trinajstić information content (AvgIpc) is 2.69. The van der Waals surface area contributed by atoms with E-state index in [9.17, 15) is 4.79 Å². The zero-order valence-corrected chi connectivity index (χ0v) is 15.5. The second-order valence-electron chi connectivity index (χ2n) is 6.63. The molecule has 0 radical (unpaired) electrons. The molecule has 1 amide bonds. The van der Waals surface area contributed by atoms with E-state index in [-0.39, 0.29) is 5.91 Å². The predicted molar refractivity (Wildman–Crippen MR) is 105 cm³/mol. The second-order valence-corrected chi connectivity index (χ2v) is 6.63. The highest BCUT2D eigenvalue weighted by Gasteiger charge is 2.19. The van der Waals surface area contributed by atoms with E-state index in [0.29, 0.717) is 0 Å². The molecule has 2 aromatic carbocycles. The Labute approximate surface area is 155 Å². The van der Waals surface area contributed by atoms with E-state index >= 15 is 0 Å². The second kappa shape index (κ2) is 8.68. The van der Waals surface area contributed by atoms with Gasteiger partial charge in [-0.25, -0.2) is 0 Å². The van der Waals surface area contributed by atoms with Crippen LogP contribution in [-0.4, -0.2) is 49.0 Å². The monoisotopic (exact) mass is 350 g/mol. The molecule has 4 heteroatoms. The number of amides is 1. The van der Waals surface area contributed by atoms with E-state index in [4.69, 9.17) is 4.74 Å². The van der Waals surface area contributed by atoms with Crippen LogP contribution in [0.4, 0.5) is 0 Å². The lowest BCUT2D eigenvalue weighted by atomic mass is 10.1. The van der Waals surface area contributed by atoms with Crippen molar-refractivity contribution in [2.75, 3.05) is 33.3 Å². The molecule has 26 heavy (non-hydrogen) atoms. The lowest BCUT2D eigenvalue weighted by molar-refractivity contribution is -0.127. The maximum absolute atomic E-state index is 12.4. The van der Waals surface area contributed by atoms with Crippen LogP contribution in [0, 0.1) is 6.92 Å². The van der Waals surface area contributed by atoms with Crippen LogP contribution < -0.4 is 4.74 Å². The molecule has 0 aromatic heterocycles. The first-order valence-electron chi connectivity index (χ1n) is 9.03. The van der Waals surface area contributed by atoms with Crippen molar-refractivity contribution in [1.82, 2.24) is 9.80 Å². The molecule has 0 spiro atoms. The van der Waals surface area contributed by atoms with Crippen LogP contribution in [0.2, 0.25) is 0 Å². The summed E-state index contributed by atoms with van der Waals surface area (Å²) in [6, 6.07) is 16.2. The fourth-order valence-corrected chi connectivity index (χ4v) is 3.14.